The van der Waals surface area contributed by atoms with Gasteiger partial charge in [-0.25, -0.2) is 9.18 Å². The van der Waals surface area contributed by atoms with Crippen molar-refractivity contribution in [3.8, 4) is 0 Å². The van der Waals surface area contributed by atoms with Gasteiger partial charge in [0.15, 0.2) is 0 Å². The average Bonchev–Trinajstić information content (AvgIpc) is 2.89. The van der Waals surface area contributed by atoms with Crippen LogP contribution in [-0.2, 0) is 4.79 Å². The number of para-hydroxylation sites is 1. The Labute approximate surface area is 133 Å². The van der Waals surface area contributed by atoms with Crippen LogP contribution in [0.15, 0.2) is 54.6 Å². The highest BCUT2D eigenvalue weighted by Crippen LogP contribution is 2.21. The van der Waals surface area contributed by atoms with Crippen LogP contribution in [0.5, 0.6) is 0 Å². The number of anilines is 2. The van der Waals surface area contributed by atoms with Gasteiger partial charge in [-0.2, -0.15) is 0 Å². The summed E-state index contributed by atoms with van der Waals surface area (Å²) in [7, 11) is 0. The molecule has 1 atom stereocenters. The summed E-state index contributed by atoms with van der Waals surface area (Å²) < 4.78 is 13.0. The van der Waals surface area contributed by atoms with Gasteiger partial charge in [-0.1, -0.05) is 18.2 Å². The average molecular weight is 313 g/mol. The molecule has 23 heavy (non-hydrogen) atoms. The number of halogens is 1. The first-order valence-electron chi connectivity index (χ1n) is 7.30. The zero-order valence-corrected chi connectivity index (χ0v) is 12.3. The Morgan fingerprint density at radius 3 is 2.48 bits per heavy atom. The van der Waals surface area contributed by atoms with E-state index in [1.54, 1.807) is 29.2 Å². The molecule has 0 spiro atoms. The minimum atomic E-state index is -0.352. The molecule has 6 heteroatoms. The lowest BCUT2D eigenvalue weighted by Gasteiger charge is -2.17. The lowest BCUT2D eigenvalue weighted by atomic mass is 10.2. The van der Waals surface area contributed by atoms with Crippen molar-refractivity contribution < 1.29 is 14.0 Å². The van der Waals surface area contributed by atoms with Crippen LogP contribution in [-0.4, -0.2) is 24.5 Å². The Morgan fingerprint density at radius 2 is 1.78 bits per heavy atom. The lowest BCUT2D eigenvalue weighted by molar-refractivity contribution is -0.117. The Kier molecular flexibility index (Phi) is 4.23. The van der Waals surface area contributed by atoms with Gasteiger partial charge < -0.3 is 15.5 Å². The van der Waals surface area contributed by atoms with Crippen LogP contribution in [0.25, 0.3) is 0 Å². The number of amides is 3. The quantitative estimate of drug-likeness (QED) is 0.915. The molecule has 2 aromatic carbocycles. The molecule has 1 aliphatic heterocycles. The molecule has 3 rings (SSSR count). The Bertz CT molecular complexity index is 704. The number of hydrogen-bond donors (Lipinski definition) is 2. The molecule has 0 aliphatic carbocycles. The van der Waals surface area contributed by atoms with Crippen LogP contribution in [0.3, 0.4) is 0 Å². The lowest BCUT2D eigenvalue weighted by Crippen LogP contribution is -2.39. The van der Waals surface area contributed by atoms with Crippen LogP contribution in [0.1, 0.15) is 6.42 Å². The van der Waals surface area contributed by atoms with E-state index in [9.17, 15) is 14.0 Å². The van der Waals surface area contributed by atoms with E-state index in [1.165, 1.54) is 12.1 Å². The Morgan fingerprint density at radius 1 is 1.09 bits per heavy atom. The monoisotopic (exact) mass is 313 g/mol. The van der Waals surface area contributed by atoms with Crippen molar-refractivity contribution in [3.05, 3.63) is 60.4 Å². The van der Waals surface area contributed by atoms with E-state index >= 15 is 0 Å². The largest absolute Gasteiger partial charge is 0.333 e. The van der Waals surface area contributed by atoms with Gasteiger partial charge in [0, 0.05) is 24.3 Å². The van der Waals surface area contributed by atoms with Crippen molar-refractivity contribution >= 4 is 23.3 Å². The van der Waals surface area contributed by atoms with E-state index in [2.05, 4.69) is 10.6 Å². The first-order valence-corrected chi connectivity index (χ1v) is 7.30. The second kappa shape index (κ2) is 6.48. The van der Waals surface area contributed by atoms with Crippen LogP contribution in [0, 0.1) is 5.82 Å². The molecule has 1 saturated heterocycles. The van der Waals surface area contributed by atoms with E-state index in [0.717, 1.165) is 0 Å². The molecule has 1 unspecified atom stereocenters. The molecule has 1 fully saturated rings. The maximum absolute atomic E-state index is 13.0. The normalized spacial score (nSPS) is 17.2. The van der Waals surface area contributed by atoms with Gasteiger partial charge in [0.25, 0.3) is 0 Å². The number of nitrogens with one attached hydrogen (secondary N) is 2. The van der Waals surface area contributed by atoms with E-state index in [4.69, 9.17) is 0 Å². The van der Waals surface area contributed by atoms with Gasteiger partial charge in [0.1, 0.15) is 5.82 Å². The third kappa shape index (κ3) is 3.66. The fourth-order valence-electron chi connectivity index (χ4n) is 2.55. The summed E-state index contributed by atoms with van der Waals surface area (Å²) in [4.78, 5) is 25.6. The second-order valence-electron chi connectivity index (χ2n) is 5.35. The van der Waals surface area contributed by atoms with Crippen molar-refractivity contribution in [2.45, 2.75) is 12.5 Å². The number of carbonyl (C=O) groups excluding carboxylic acids is 2. The smallest absolute Gasteiger partial charge is 0.319 e. The minimum absolute atomic E-state index is 0.0957. The first kappa shape index (κ1) is 15.0. The molecule has 0 aromatic heterocycles. The molecular formula is C17H16FN3O2. The summed E-state index contributed by atoms with van der Waals surface area (Å²) in [5, 5.41) is 5.50. The molecule has 5 nitrogen and oxygen atoms in total. The maximum atomic E-state index is 13.0. The summed E-state index contributed by atoms with van der Waals surface area (Å²) in [5.74, 6) is -0.445. The topological polar surface area (TPSA) is 61.4 Å². The standard InChI is InChI=1S/C17H16FN3O2/c18-12-6-8-15(9-7-12)21-11-14(10-16(21)22)20-17(23)19-13-4-2-1-3-5-13/h1-9,14H,10-11H2,(H2,19,20,23). The molecule has 2 N–H and O–H groups in total. The molecular weight excluding hydrogens is 297 g/mol. The van der Waals surface area contributed by atoms with Crippen molar-refractivity contribution in [1.82, 2.24) is 5.32 Å². The molecule has 2 aromatic rings. The molecule has 1 heterocycles. The van der Waals surface area contributed by atoms with Gasteiger partial charge in [0.05, 0.1) is 6.04 Å². The van der Waals surface area contributed by atoms with Gasteiger partial charge in [0.2, 0.25) is 5.91 Å². The Hall–Kier alpha value is -2.89. The SMILES string of the molecule is O=C(Nc1ccccc1)NC1CC(=O)N(c2ccc(F)cc2)C1. The maximum Gasteiger partial charge on any atom is 0.319 e. The van der Waals surface area contributed by atoms with Crippen molar-refractivity contribution in [1.29, 1.82) is 0 Å². The fourth-order valence-corrected chi connectivity index (χ4v) is 2.55. The molecule has 0 radical (unpaired) electrons. The van der Waals surface area contributed by atoms with Gasteiger partial charge in [-0.3, -0.25) is 4.79 Å². The zero-order chi connectivity index (χ0) is 16.2. The second-order valence-corrected chi connectivity index (χ2v) is 5.35. The summed E-state index contributed by atoms with van der Waals surface area (Å²) in [6.45, 7) is 0.368. The Balaban J connectivity index is 1.59. The van der Waals surface area contributed by atoms with E-state index in [0.29, 0.717) is 17.9 Å². The molecule has 3 amide bonds. The van der Waals surface area contributed by atoms with Gasteiger partial charge in [-0.15, -0.1) is 0 Å². The molecule has 1 aliphatic rings. The summed E-state index contributed by atoms with van der Waals surface area (Å²) in [5.41, 5.74) is 1.31. The predicted octanol–water partition coefficient (Wildman–Crippen LogP) is 2.75. The third-order valence-corrected chi connectivity index (χ3v) is 3.63. The number of nitrogens with zero attached hydrogens (tertiary/aromatic N) is 1. The van der Waals surface area contributed by atoms with E-state index in [-0.39, 0.29) is 30.2 Å². The number of carbonyl (C=O) groups is 2. The van der Waals surface area contributed by atoms with Gasteiger partial charge in [-0.05, 0) is 36.4 Å². The molecule has 0 bridgehead atoms. The summed E-state index contributed by atoms with van der Waals surface area (Å²) in [6.07, 6.45) is 0.222. The van der Waals surface area contributed by atoms with Crippen LogP contribution in [0.4, 0.5) is 20.6 Å². The number of urea groups is 1. The van der Waals surface area contributed by atoms with Crippen molar-refractivity contribution in [2.75, 3.05) is 16.8 Å². The van der Waals surface area contributed by atoms with E-state index in [1.807, 2.05) is 18.2 Å². The van der Waals surface area contributed by atoms with Crippen LogP contribution >= 0.6 is 0 Å². The predicted molar refractivity (Wildman–Crippen MR) is 85.8 cm³/mol. The number of rotatable bonds is 3. The number of benzene rings is 2. The molecule has 118 valence electrons. The fraction of sp³-hybridized carbons (Fsp3) is 0.176. The third-order valence-electron chi connectivity index (χ3n) is 3.63. The highest BCUT2D eigenvalue weighted by atomic mass is 19.1. The summed E-state index contributed by atoms with van der Waals surface area (Å²) in [6, 6.07) is 14.2. The van der Waals surface area contributed by atoms with Gasteiger partial charge >= 0.3 is 6.03 Å². The summed E-state index contributed by atoms with van der Waals surface area (Å²) >= 11 is 0. The van der Waals surface area contributed by atoms with E-state index < -0.39 is 0 Å². The van der Waals surface area contributed by atoms with Crippen LogP contribution in [0.2, 0.25) is 0 Å². The zero-order valence-electron chi connectivity index (χ0n) is 12.3. The molecule has 0 saturated carbocycles. The van der Waals surface area contributed by atoms with Crippen molar-refractivity contribution in [3.63, 3.8) is 0 Å². The van der Waals surface area contributed by atoms with Crippen LogP contribution < -0.4 is 15.5 Å². The van der Waals surface area contributed by atoms with Crippen molar-refractivity contribution in [2.24, 2.45) is 0 Å². The minimum Gasteiger partial charge on any atom is -0.333 e. The highest BCUT2D eigenvalue weighted by molar-refractivity contribution is 5.97. The first-order chi connectivity index (χ1) is 11.1. The number of hydrogen-bond acceptors (Lipinski definition) is 2. The highest BCUT2D eigenvalue weighted by Gasteiger charge is 2.31.